The fourth-order valence-electron chi connectivity index (χ4n) is 2.79. The molecule has 4 aromatic rings. The number of hydrogen-bond acceptors (Lipinski definition) is 3. The van der Waals surface area contributed by atoms with Gasteiger partial charge in [-0.2, -0.15) is 31.4 Å². The summed E-state index contributed by atoms with van der Waals surface area (Å²) >= 11 is 0. The molecule has 0 aliphatic rings. The maximum absolute atomic E-state index is 13.2. The zero-order chi connectivity index (χ0) is 21.5. The molecule has 0 atom stereocenters. The van der Waals surface area contributed by atoms with Gasteiger partial charge in [0.05, 0.1) is 17.6 Å². The van der Waals surface area contributed by atoms with Gasteiger partial charge in [0.25, 0.3) is 0 Å². The number of halogens is 6. The van der Waals surface area contributed by atoms with Gasteiger partial charge >= 0.3 is 12.4 Å². The van der Waals surface area contributed by atoms with Crippen molar-refractivity contribution in [2.75, 3.05) is 0 Å². The summed E-state index contributed by atoms with van der Waals surface area (Å²) in [5, 5.41) is 11.1. The minimum absolute atomic E-state index is 0.0145. The van der Waals surface area contributed by atoms with Crippen LogP contribution in [0.4, 0.5) is 26.3 Å². The fourth-order valence-corrected chi connectivity index (χ4v) is 2.79. The summed E-state index contributed by atoms with van der Waals surface area (Å²) in [7, 11) is 0. The van der Waals surface area contributed by atoms with Crippen LogP contribution >= 0.6 is 0 Å². The van der Waals surface area contributed by atoms with Crippen molar-refractivity contribution in [3.8, 4) is 22.6 Å². The van der Waals surface area contributed by atoms with Gasteiger partial charge in [-0.1, -0.05) is 35.5 Å². The molecule has 2 aromatic heterocycles. The molecule has 0 amide bonds. The lowest BCUT2D eigenvalue weighted by Crippen LogP contribution is -2.13. The Hall–Kier alpha value is -3.63. The lowest BCUT2D eigenvalue weighted by Gasteiger charge is -2.10. The molecule has 0 bridgehead atoms. The molecule has 2 heterocycles. The number of alkyl halides is 6. The van der Waals surface area contributed by atoms with Crippen molar-refractivity contribution in [2.24, 2.45) is 0 Å². The predicted molar refractivity (Wildman–Crippen MR) is 93.9 cm³/mol. The molecular formula is C19H11F6N5. The number of nitrogens with zero attached hydrogens (tertiary/aromatic N) is 5. The Kier molecular flexibility index (Phi) is 4.60. The standard InChI is InChI=1S/C19H11F6N5/c20-18(21,22)16-10-17(19(23,24)25)30(27-16)14-8-6-12(7-9-14)15-11-29(28-26-15)13-4-2-1-3-5-13/h1-11H. The van der Waals surface area contributed by atoms with E-state index in [1.807, 2.05) is 30.3 Å². The minimum Gasteiger partial charge on any atom is -0.228 e. The molecule has 154 valence electrons. The number of rotatable bonds is 3. The fraction of sp³-hybridized carbons (Fsp3) is 0.105. The van der Waals surface area contributed by atoms with E-state index in [2.05, 4.69) is 15.4 Å². The van der Waals surface area contributed by atoms with E-state index in [4.69, 9.17) is 0 Å². The quantitative estimate of drug-likeness (QED) is 0.428. The van der Waals surface area contributed by atoms with Crippen LogP contribution in [-0.2, 0) is 12.4 Å². The predicted octanol–water partition coefficient (Wildman–Crippen LogP) is 5.16. The van der Waals surface area contributed by atoms with E-state index in [1.54, 1.807) is 6.20 Å². The zero-order valence-corrected chi connectivity index (χ0v) is 14.9. The van der Waals surface area contributed by atoms with E-state index < -0.39 is 23.7 Å². The van der Waals surface area contributed by atoms with Gasteiger partial charge in [0.2, 0.25) is 0 Å². The summed E-state index contributed by atoms with van der Waals surface area (Å²) in [5.74, 6) is 0. The van der Waals surface area contributed by atoms with Crippen molar-refractivity contribution in [3.05, 3.63) is 78.2 Å². The molecule has 0 saturated carbocycles. The summed E-state index contributed by atoms with van der Waals surface area (Å²) in [6, 6.07) is 14.4. The monoisotopic (exact) mass is 423 g/mol. The first-order valence-corrected chi connectivity index (χ1v) is 8.46. The van der Waals surface area contributed by atoms with E-state index >= 15 is 0 Å². The van der Waals surface area contributed by atoms with Gasteiger partial charge in [-0.3, -0.25) is 0 Å². The second-order valence-corrected chi connectivity index (χ2v) is 6.25. The maximum Gasteiger partial charge on any atom is 0.435 e. The number of para-hydroxylation sites is 1. The van der Waals surface area contributed by atoms with Crippen molar-refractivity contribution in [2.45, 2.75) is 12.4 Å². The first-order chi connectivity index (χ1) is 14.1. The van der Waals surface area contributed by atoms with Crippen LogP contribution in [0.15, 0.2) is 66.9 Å². The molecule has 0 radical (unpaired) electrons. The summed E-state index contributed by atoms with van der Waals surface area (Å²) in [5.41, 5.74) is -1.58. The van der Waals surface area contributed by atoms with Gasteiger partial charge in [0.15, 0.2) is 5.69 Å². The summed E-state index contributed by atoms with van der Waals surface area (Å²) in [6.07, 6.45) is -8.38. The molecule has 4 rings (SSSR count). The number of benzene rings is 2. The van der Waals surface area contributed by atoms with Crippen LogP contribution in [0.25, 0.3) is 22.6 Å². The van der Waals surface area contributed by atoms with Gasteiger partial charge in [-0.25, -0.2) is 9.36 Å². The van der Waals surface area contributed by atoms with Crippen molar-refractivity contribution >= 4 is 0 Å². The van der Waals surface area contributed by atoms with Gasteiger partial charge in [0, 0.05) is 11.6 Å². The molecule has 0 N–H and O–H groups in total. The molecule has 0 aliphatic carbocycles. The zero-order valence-electron chi connectivity index (χ0n) is 14.9. The Bertz CT molecular complexity index is 1160. The van der Waals surface area contributed by atoms with Gasteiger partial charge in [-0.05, 0) is 24.3 Å². The third kappa shape index (κ3) is 3.78. The molecule has 11 heteroatoms. The largest absolute Gasteiger partial charge is 0.435 e. The Labute approximate surface area is 165 Å². The minimum atomic E-state index is -5.01. The summed E-state index contributed by atoms with van der Waals surface area (Å²) < 4.78 is 79.9. The van der Waals surface area contributed by atoms with Crippen molar-refractivity contribution in [1.29, 1.82) is 0 Å². The third-order valence-electron chi connectivity index (χ3n) is 4.21. The molecule has 2 aromatic carbocycles. The van der Waals surface area contributed by atoms with Crippen molar-refractivity contribution < 1.29 is 26.3 Å². The van der Waals surface area contributed by atoms with Crippen LogP contribution in [0, 0.1) is 0 Å². The lowest BCUT2D eigenvalue weighted by molar-refractivity contribution is -0.143. The molecule has 0 saturated heterocycles. The highest BCUT2D eigenvalue weighted by molar-refractivity contribution is 5.60. The highest BCUT2D eigenvalue weighted by Crippen LogP contribution is 2.36. The Morgan fingerprint density at radius 3 is 2.00 bits per heavy atom. The maximum atomic E-state index is 13.2. The van der Waals surface area contributed by atoms with Crippen LogP contribution in [0.5, 0.6) is 0 Å². The highest BCUT2D eigenvalue weighted by atomic mass is 19.4. The van der Waals surface area contributed by atoms with Crippen molar-refractivity contribution in [3.63, 3.8) is 0 Å². The van der Waals surface area contributed by atoms with E-state index in [1.165, 1.54) is 28.9 Å². The second kappa shape index (κ2) is 7.01. The van der Waals surface area contributed by atoms with E-state index in [-0.39, 0.29) is 16.4 Å². The van der Waals surface area contributed by atoms with Crippen LogP contribution in [-0.4, -0.2) is 24.8 Å². The molecule has 5 nitrogen and oxygen atoms in total. The van der Waals surface area contributed by atoms with Crippen LogP contribution in [0.1, 0.15) is 11.4 Å². The molecule has 0 fully saturated rings. The molecular weight excluding hydrogens is 412 g/mol. The third-order valence-corrected chi connectivity index (χ3v) is 4.21. The molecule has 0 unspecified atom stereocenters. The average molecular weight is 423 g/mol. The highest BCUT2D eigenvalue weighted by Gasteiger charge is 2.42. The molecule has 0 spiro atoms. The molecule has 30 heavy (non-hydrogen) atoms. The van der Waals surface area contributed by atoms with Gasteiger partial charge in [-0.15, -0.1) is 5.10 Å². The van der Waals surface area contributed by atoms with Gasteiger partial charge in [0.1, 0.15) is 11.4 Å². The SMILES string of the molecule is FC(F)(F)c1cc(C(F)(F)F)n(-c2ccc(-c3cn(-c4ccccc4)nn3)cc2)n1. The molecule has 0 aliphatic heterocycles. The Morgan fingerprint density at radius 1 is 0.733 bits per heavy atom. The van der Waals surface area contributed by atoms with E-state index in [9.17, 15) is 26.3 Å². The van der Waals surface area contributed by atoms with E-state index in [0.717, 1.165) is 5.69 Å². The Balaban J connectivity index is 1.68. The Morgan fingerprint density at radius 2 is 1.40 bits per heavy atom. The smallest absolute Gasteiger partial charge is 0.228 e. The lowest BCUT2D eigenvalue weighted by atomic mass is 10.1. The van der Waals surface area contributed by atoms with Crippen LogP contribution in [0.2, 0.25) is 0 Å². The number of aromatic nitrogens is 5. The van der Waals surface area contributed by atoms with Gasteiger partial charge < -0.3 is 0 Å². The van der Waals surface area contributed by atoms with Crippen molar-refractivity contribution in [1.82, 2.24) is 24.8 Å². The van der Waals surface area contributed by atoms with Crippen LogP contribution < -0.4 is 0 Å². The average Bonchev–Trinajstić information content (AvgIpc) is 3.36. The van der Waals surface area contributed by atoms with Crippen LogP contribution in [0.3, 0.4) is 0 Å². The topological polar surface area (TPSA) is 48.5 Å². The summed E-state index contributed by atoms with van der Waals surface area (Å²) in [6.45, 7) is 0. The second-order valence-electron chi connectivity index (χ2n) is 6.25. The first-order valence-electron chi connectivity index (χ1n) is 8.46. The first kappa shape index (κ1) is 19.7. The normalized spacial score (nSPS) is 12.3. The van der Waals surface area contributed by atoms with E-state index in [0.29, 0.717) is 11.3 Å². The number of hydrogen-bond donors (Lipinski definition) is 0. The summed E-state index contributed by atoms with van der Waals surface area (Å²) in [4.78, 5) is 0.